The summed E-state index contributed by atoms with van der Waals surface area (Å²) < 4.78 is 0. The molecule has 1 aromatic carbocycles. The average molecular weight is 263 g/mol. The molecule has 0 heterocycles. The molecule has 1 atom stereocenters. The van der Waals surface area contributed by atoms with Gasteiger partial charge in [-0.15, -0.1) is 0 Å². The van der Waals surface area contributed by atoms with Crippen molar-refractivity contribution in [1.82, 2.24) is 4.90 Å². The van der Waals surface area contributed by atoms with E-state index < -0.39 is 6.10 Å². The summed E-state index contributed by atoms with van der Waals surface area (Å²) >= 11 is 0. The first kappa shape index (κ1) is 16.2. The van der Waals surface area contributed by atoms with Crippen molar-refractivity contribution in [1.29, 1.82) is 0 Å². The number of aliphatic hydroxyl groups is 1. The third-order valence-electron chi connectivity index (χ3n) is 3.68. The molecule has 0 spiro atoms. The van der Waals surface area contributed by atoms with Gasteiger partial charge in [-0.1, -0.05) is 63.9 Å². The van der Waals surface area contributed by atoms with Crippen LogP contribution in [-0.4, -0.2) is 30.1 Å². The summed E-state index contributed by atoms with van der Waals surface area (Å²) in [5.41, 5.74) is 0.872. The first-order valence-electron chi connectivity index (χ1n) is 7.39. The molecule has 2 nitrogen and oxygen atoms in total. The van der Waals surface area contributed by atoms with E-state index in [4.69, 9.17) is 0 Å². The van der Waals surface area contributed by atoms with E-state index in [9.17, 15) is 5.11 Å². The van der Waals surface area contributed by atoms with Gasteiger partial charge in [0, 0.05) is 12.0 Å². The zero-order valence-corrected chi connectivity index (χ0v) is 12.9. The standard InChI is InChI=1S/C17H29NO/c1-5-6-10-13-18(4)14-17(2,3)16(19)15-11-8-7-9-12-15/h7-9,11-12,16,19H,5-6,10,13-14H2,1-4H3. The Kier molecular flexibility index (Phi) is 6.53. The lowest BCUT2D eigenvalue weighted by Gasteiger charge is -2.35. The van der Waals surface area contributed by atoms with Gasteiger partial charge in [0.2, 0.25) is 0 Å². The summed E-state index contributed by atoms with van der Waals surface area (Å²) in [5.74, 6) is 0. The second kappa shape index (κ2) is 7.66. The number of aliphatic hydroxyl groups excluding tert-OH is 1. The number of unbranched alkanes of at least 4 members (excludes halogenated alkanes) is 2. The van der Waals surface area contributed by atoms with Crippen LogP contribution < -0.4 is 0 Å². The zero-order chi connectivity index (χ0) is 14.3. The number of benzene rings is 1. The van der Waals surface area contributed by atoms with Gasteiger partial charge in [0.25, 0.3) is 0 Å². The highest BCUT2D eigenvalue weighted by molar-refractivity contribution is 5.19. The van der Waals surface area contributed by atoms with Crippen LogP contribution in [0.1, 0.15) is 51.7 Å². The van der Waals surface area contributed by atoms with Gasteiger partial charge >= 0.3 is 0 Å². The molecule has 2 heteroatoms. The summed E-state index contributed by atoms with van der Waals surface area (Å²) in [6.45, 7) is 8.52. The zero-order valence-electron chi connectivity index (χ0n) is 12.9. The molecule has 1 unspecified atom stereocenters. The van der Waals surface area contributed by atoms with Gasteiger partial charge in [-0.3, -0.25) is 0 Å². The van der Waals surface area contributed by atoms with Gasteiger partial charge in [-0.2, -0.15) is 0 Å². The number of nitrogens with zero attached hydrogens (tertiary/aromatic N) is 1. The van der Waals surface area contributed by atoms with Crippen LogP contribution in [0, 0.1) is 5.41 Å². The quantitative estimate of drug-likeness (QED) is 0.720. The van der Waals surface area contributed by atoms with Crippen LogP contribution in [0.2, 0.25) is 0 Å². The first-order chi connectivity index (χ1) is 8.97. The molecule has 0 aliphatic heterocycles. The van der Waals surface area contributed by atoms with E-state index in [1.165, 1.54) is 19.3 Å². The highest BCUT2D eigenvalue weighted by Gasteiger charge is 2.30. The largest absolute Gasteiger partial charge is 0.388 e. The van der Waals surface area contributed by atoms with E-state index in [0.29, 0.717) is 0 Å². The molecule has 0 amide bonds. The lowest BCUT2D eigenvalue weighted by atomic mass is 9.82. The molecule has 0 fully saturated rings. The molecule has 0 saturated heterocycles. The maximum atomic E-state index is 10.5. The molecule has 1 rings (SSSR count). The van der Waals surface area contributed by atoms with E-state index in [0.717, 1.165) is 18.7 Å². The second-order valence-corrected chi connectivity index (χ2v) is 6.25. The van der Waals surface area contributed by atoms with Crippen molar-refractivity contribution in [2.24, 2.45) is 5.41 Å². The second-order valence-electron chi connectivity index (χ2n) is 6.25. The molecule has 0 bridgehead atoms. The van der Waals surface area contributed by atoms with E-state index in [1.54, 1.807) is 0 Å². The molecule has 1 aromatic rings. The highest BCUT2D eigenvalue weighted by Crippen LogP contribution is 2.33. The molecule has 0 aromatic heterocycles. The summed E-state index contributed by atoms with van der Waals surface area (Å²) in [6.07, 6.45) is 3.36. The fraction of sp³-hybridized carbons (Fsp3) is 0.647. The van der Waals surface area contributed by atoms with Gasteiger partial charge in [-0.05, 0) is 25.6 Å². The van der Waals surface area contributed by atoms with Gasteiger partial charge in [-0.25, -0.2) is 0 Å². The molecule has 0 aliphatic rings. The maximum absolute atomic E-state index is 10.5. The normalized spacial score (nSPS) is 13.8. The smallest absolute Gasteiger partial charge is 0.0853 e. The average Bonchev–Trinajstić information content (AvgIpc) is 2.38. The van der Waals surface area contributed by atoms with Crippen LogP contribution in [0.5, 0.6) is 0 Å². The Hall–Kier alpha value is -0.860. The van der Waals surface area contributed by atoms with Crippen LogP contribution in [0.4, 0.5) is 0 Å². The first-order valence-corrected chi connectivity index (χ1v) is 7.39. The Labute approximate surface area is 118 Å². The van der Waals surface area contributed by atoms with Crippen molar-refractivity contribution in [3.05, 3.63) is 35.9 Å². The van der Waals surface area contributed by atoms with Crippen molar-refractivity contribution in [2.45, 2.75) is 46.1 Å². The molecular weight excluding hydrogens is 234 g/mol. The summed E-state index contributed by atoms with van der Waals surface area (Å²) in [5, 5.41) is 10.5. The Morgan fingerprint density at radius 2 is 1.79 bits per heavy atom. The van der Waals surface area contributed by atoms with E-state index >= 15 is 0 Å². The van der Waals surface area contributed by atoms with Crippen molar-refractivity contribution in [3.8, 4) is 0 Å². The van der Waals surface area contributed by atoms with Crippen molar-refractivity contribution in [3.63, 3.8) is 0 Å². The third-order valence-corrected chi connectivity index (χ3v) is 3.68. The molecule has 1 N–H and O–H groups in total. The Bertz CT molecular complexity index is 348. The third kappa shape index (κ3) is 5.33. The summed E-state index contributed by atoms with van der Waals surface area (Å²) in [6, 6.07) is 9.96. The summed E-state index contributed by atoms with van der Waals surface area (Å²) in [7, 11) is 2.15. The molecule has 19 heavy (non-hydrogen) atoms. The number of hydrogen-bond acceptors (Lipinski definition) is 2. The SMILES string of the molecule is CCCCCN(C)CC(C)(C)C(O)c1ccccc1. The van der Waals surface area contributed by atoms with E-state index in [1.807, 2.05) is 30.3 Å². The maximum Gasteiger partial charge on any atom is 0.0853 e. The van der Waals surface area contributed by atoms with Crippen molar-refractivity contribution >= 4 is 0 Å². The Morgan fingerprint density at radius 1 is 1.16 bits per heavy atom. The lowest BCUT2D eigenvalue weighted by Crippen LogP contribution is -2.36. The van der Waals surface area contributed by atoms with Crippen LogP contribution in [0.25, 0.3) is 0 Å². The molecule has 0 saturated carbocycles. The van der Waals surface area contributed by atoms with Crippen LogP contribution in [0.15, 0.2) is 30.3 Å². The number of hydrogen-bond donors (Lipinski definition) is 1. The minimum absolute atomic E-state index is 0.137. The highest BCUT2D eigenvalue weighted by atomic mass is 16.3. The molecule has 0 radical (unpaired) electrons. The van der Waals surface area contributed by atoms with Crippen LogP contribution in [0.3, 0.4) is 0 Å². The lowest BCUT2D eigenvalue weighted by molar-refractivity contribution is 0.0256. The van der Waals surface area contributed by atoms with Gasteiger partial charge in [0.05, 0.1) is 6.10 Å². The van der Waals surface area contributed by atoms with Gasteiger partial charge in [0.15, 0.2) is 0 Å². The van der Waals surface area contributed by atoms with E-state index in [-0.39, 0.29) is 5.41 Å². The van der Waals surface area contributed by atoms with Crippen LogP contribution >= 0.6 is 0 Å². The predicted octanol–water partition coefficient (Wildman–Crippen LogP) is 3.87. The molecule has 108 valence electrons. The van der Waals surface area contributed by atoms with Gasteiger partial charge < -0.3 is 10.0 Å². The monoisotopic (exact) mass is 263 g/mol. The minimum atomic E-state index is -0.415. The Balaban J connectivity index is 2.54. The van der Waals surface area contributed by atoms with Gasteiger partial charge in [0.1, 0.15) is 0 Å². The summed E-state index contributed by atoms with van der Waals surface area (Å²) in [4.78, 5) is 2.34. The number of rotatable bonds is 8. The molecular formula is C17H29NO. The minimum Gasteiger partial charge on any atom is -0.388 e. The predicted molar refractivity (Wildman–Crippen MR) is 82.2 cm³/mol. The van der Waals surface area contributed by atoms with Crippen molar-refractivity contribution < 1.29 is 5.11 Å². The van der Waals surface area contributed by atoms with Crippen LogP contribution in [-0.2, 0) is 0 Å². The topological polar surface area (TPSA) is 23.5 Å². The van der Waals surface area contributed by atoms with E-state index in [2.05, 4.69) is 32.7 Å². The Morgan fingerprint density at radius 3 is 2.37 bits per heavy atom. The molecule has 0 aliphatic carbocycles. The fourth-order valence-electron chi connectivity index (χ4n) is 2.58. The fourth-order valence-corrected chi connectivity index (χ4v) is 2.58. The van der Waals surface area contributed by atoms with Crippen molar-refractivity contribution in [2.75, 3.05) is 20.1 Å².